The highest BCUT2D eigenvalue weighted by atomic mass is 16.5. The molecule has 0 spiro atoms. The summed E-state index contributed by atoms with van der Waals surface area (Å²) in [6, 6.07) is 0. The third-order valence-corrected chi connectivity index (χ3v) is 1.47. The molecule has 0 aliphatic heterocycles. The fourth-order valence-corrected chi connectivity index (χ4v) is 0.830. The molecule has 2 atom stereocenters. The maximum Gasteiger partial charge on any atom is 0.0630 e. The Bertz CT molecular complexity index is 72.9. The summed E-state index contributed by atoms with van der Waals surface area (Å²) >= 11 is 0. The average Bonchev–Trinajstić information content (AvgIpc) is 2.48. The second kappa shape index (κ2) is 2.46. The minimum Gasteiger partial charge on any atom is -0.396 e. The molecule has 0 bridgehead atoms. The van der Waals surface area contributed by atoms with Crippen LogP contribution in [0.3, 0.4) is 0 Å². The van der Waals surface area contributed by atoms with E-state index >= 15 is 0 Å². The van der Waals surface area contributed by atoms with E-state index in [2.05, 4.69) is 0 Å². The van der Waals surface area contributed by atoms with Crippen molar-refractivity contribution in [2.24, 2.45) is 5.92 Å². The summed E-state index contributed by atoms with van der Waals surface area (Å²) in [6.07, 6.45) is 1.44. The van der Waals surface area contributed by atoms with Crippen molar-refractivity contribution < 1.29 is 9.84 Å². The molecular formula is C6H12O2. The van der Waals surface area contributed by atoms with Gasteiger partial charge in [-0.1, -0.05) is 0 Å². The smallest absolute Gasteiger partial charge is 0.0630 e. The highest BCUT2D eigenvalue weighted by Gasteiger charge is 2.36. The van der Waals surface area contributed by atoms with Gasteiger partial charge in [0.1, 0.15) is 0 Å². The van der Waals surface area contributed by atoms with E-state index in [1.807, 2.05) is 6.92 Å². The van der Waals surface area contributed by atoms with Crippen LogP contribution in [-0.4, -0.2) is 24.4 Å². The molecule has 8 heavy (non-hydrogen) atoms. The fourth-order valence-electron chi connectivity index (χ4n) is 0.830. The highest BCUT2D eigenvalue weighted by molar-refractivity contribution is 4.86. The van der Waals surface area contributed by atoms with Gasteiger partial charge in [0.2, 0.25) is 0 Å². The molecule has 0 amide bonds. The molecule has 0 aromatic carbocycles. The normalized spacial score (nSPS) is 35.2. The minimum atomic E-state index is 0.296. The molecule has 0 saturated heterocycles. The summed E-state index contributed by atoms with van der Waals surface area (Å²) in [5.74, 6) is 0.454. The average molecular weight is 116 g/mol. The maximum atomic E-state index is 8.52. The van der Waals surface area contributed by atoms with Crippen molar-refractivity contribution >= 4 is 0 Å². The van der Waals surface area contributed by atoms with Crippen LogP contribution in [0.15, 0.2) is 0 Å². The van der Waals surface area contributed by atoms with Gasteiger partial charge >= 0.3 is 0 Å². The van der Waals surface area contributed by atoms with E-state index in [0.29, 0.717) is 18.6 Å². The number of ether oxygens (including phenoxy) is 1. The van der Waals surface area contributed by atoms with Crippen LogP contribution in [0.1, 0.15) is 13.3 Å². The first-order chi connectivity index (χ1) is 3.88. The Labute approximate surface area is 49.5 Å². The Hall–Kier alpha value is -0.0800. The lowest BCUT2D eigenvalue weighted by Gasteiger charge is -1.94. The molecule has 0 heterocycles. The van der Waals surface area contributed by atoms with Gasteiger partial charge in [0.05, 0.1) is 6.10 Å². The monoisotopic (exact) mass is 116 g/mol. The lowest BCUT2D eigenvalue weighted by molar-refractivity contribution is 0.110. The van der Waals surface area contributed by atoms with Crippen LogP contribution < -0.4 is 0 Å². The molecular weight excluding hydrogens is 104 g/mol. The van der Waals surface area contributed by atoms with Crippen molar-refractivity contribution in [2.75, 3.05) is 13.2 Å². The first-order valence-corrected chi connectivity index (χ1v) is 3.11. The summed E-state index contributed by atoms with van der Waals surface area (Å²) in [5.41, 5.74) is 0. The quantitative estimate of drug-likeness (QED) is 0.578. The molecule has 1 fully saturated rings. The van der Waals surface area contributed by atoms with Gasteiger partial charge in [-0.2, -0.15) is 0 Å². The van der Waals surface area contributed by atoms with Crippen LogP contribution in [0, 0.1) is 5.92 Å². The van der Waals surface area contributed by atoms with Crippen LogP contribution in [0.4, 0.5) is 0 Å². The van der Waals surface area contributed by atoms with Gasteiger partial charge < -0.3 is 9.84 Å². The molecule has 1 aliphatic rings. The second-order valence-electron chi connectivity index (χ2n) is 2.17. The van der Waals surface area contributed by atoms with E-state index < -0.39 is 0 Å². The highest BCUT2D eigenvalue weighted by Crippen LogP contribution is 2.32. The van der Waals surface area contributed by atoms with Crippen LogP contribution in [-0.2, 0) is 4.74 Å². The Balaban J connectivity index is 1.99. The molecule has 2 heteroatoms. The van der Waals surface area contributed by atoms with Crippen LogP contribution >= 0.6 is 0 Å². The maximum absolute atomic E-state index is 8.52. The van der Waals surface area contributed by atoms with Gasteiger partial charge in [-0.15, -0.1) is 0 Å². The number of aliphatic hydroxyl groups is 1. The second-order valence-corrected chi connectivity index (χ2v) is 2.17. The molecule has 48 valence electrons. The van der Waals surface area contributed by atoms with Gasteiger partial charge in [-0.05, 0) is 13.3 Å². The van der Waals surface area contributed by atoms with Crippen molar-refractivity contribution in [3.63, 3.8) is 0 Å². The Morgan fingerprint density at radius 1 is 1.75 bits per heavy atom. The standard InChI is InChI=1S/C6H12O2/c1-2-8-6-3-5(6)4-7/h5-7H,2-4H2,1H3/t5-,6+/m1/s1. The molecule has 1 saturated carbocycles. The van der Waals surface area contributed by atoms with E-state index in [9.17, 15) is 0 Å². The van der Waals surface area contributed by atoms with Gasteiger partial charge in [-0.25, -0.2) is 0 Å². The number of rotatable bonds is 3. The first kappa shape index (κ1) is 6.05. The molecule has 0 aromatic heterocycles. The van der Waals surface area contributed by atoms with Gasteiger partial charge in [-0.3, -0.25) is 0 Å². The molecule has 1 rings (SSSR count). The van der Waals surface area contributed by atoms with Crippen molar-refractivity contribution in [3.05, 3.63) is 0 Å². The van der Waals surface area contributed by atoms with Crippen molar-refractivity contribution in [3.8, 4) is 0 Å². The number of hydrogen-bond donors (Lipinski definition) is 1. The summed E-state index contributed by atoms with van der Waals surface area (Å²) in [7, 11) is 0. The summed E-state index contributed by atoms with van der Waals surface area (Å²) in [5, 5.41) is 8.52. The third-order valence-electron chi connectivity index (χ3n) is 1.47. The molecule has 1 N–H and O–H groups in total. The lowest BCUT2D eigenvalue weighted by atomic mass is 10.5. The van der Waals surface area contributed by atoms with Crippen molar-refractivity contribution in [2.45, 2.75) is 19.4 Å². The van der Waals surface area contributed by atoms with Crippen LogP contribution in [0.25, 0.3) is 0 Å². The van der Waals surface area contributed by atoms with E-state index in [0.717, 1.165) is 13.0 Å². The minimum absolute atomic E-state index is 0.296. The number of hydrogen-bond acceptors (Lipinski definition) is 2. The van der Waals surface area contributed by atoms with Crippen molar-refractivity contribution in [1.29, 1.82) is 0 Å². The Kier molecular flexibility index (Phi) is 1.86. The fraction of sp³-hybridized carbons (Fsp3) is 1.00. The van der Waals surface area contributed by atoms with E-state index in [4.69, 9.17) is 9.84 Å². The topological polar surface area (TPSA) is 29.5 Å². The Morgan fingerprint density at radius 2 is 2.50 bits per heavy atom. The summed E-state index contributed by atoms with van der Waals surface area (Å²) in [4.78, 5) is 0. The zero-order valence-corrected chi connectivity index (χ0v) is 5.13. The van der Waals surface area contributed by atoms with Crippen LogP contribution in [0.2, 0.25) is 0 Å². The van der Waals surface area contributed by atoms with Gasteiger partial charge in [0, 0.05) is 19.1 Å². The molecule has 0 unspecified atom stereocenters. The zero-order valence-electron chi connectivity index (χ0n) is 5.13. The van der Waals surface area contributed by atoms with Crippen LogP contribution in [0.5, 0.6) is 0 Å². The summed E-state index contributed by atoms with van der Waals surface area (Å²) < 4.78 is 5.20. The number of aliphatic hydroxyl groups excluding tert-OH is 1. The largest absolute Gasteiger partial charge is 0.396 e. The SMILES string of the molecule is CCO[C@H]1C[C@@H]1CO. The van der Waals surface area contributed by atoms with E-state index in [-0.39, 0.29) is 0 Å². The predicted octanol–water partition coefficient (Wildman–Crippen LogP) is 0.404. The third kappa shape index (κ3) is 1.20. The van der Waals surface area contributed by atoms with Crippen molar-refractivity contribution in [1.82, 2.24) is 0 Å². The van der Waals surface area contributed by atoms with Gasteiger partial charge in [0.25, 0.3) is 0 Å². The zero-order chi connectivity index (χ0) is 5.98. The molecule has 1 aliphatic carbocycles. The summed E-state index contributed by atoms with van der Waals surface area (Å²) in [6.45, 7) is 3.05. The van der Waals surface area contributed by atoms with E-state index in [1.165, 1.54) is 0 Å². The van der Waals surface area contributed by atoms with E-state index in [1.54, 1.807) is 0 Å². The molecule has 2 nitrogen and oxygen atoms in total. The first-order valence-electron chi connectivity index (χ1n) is 3.11. The van der Waals surface area contributed by atoms with Gasteiger partial charge in [0.15, 0.2) is 0 Å². The lowest BCUT2D eigenvalue weighted by Crippen LogP contribution is -1.98. The molecule has 0 aromatic rings. The Morgan fingerprint density at radius 3 is 2.88 bits per heavy atom. The molecule has 0 radical (unpaired) electrons. The predicted molar refractivity (Wildman–Crippen MR) is 30.6 cm³/mol.